The summed E-state index contributed by atoms with van der Waals surface area (Å²) < 4.78 is 1.26. The fraction of sp³-hybridized carbons (Fsp3) is 0. The van der Waals surface area contributed by atoms with Gasteiger partial charge in [-0.15, -0.1) is 5.10 Å². The Morgan fingerprint density at radius 2 is 1.82 bits per heavy atom. The molecule has 10 nitrogen and oxygen atoms in total. The van der Waals surface area contributed by atoms with E-state index in [1.54, 1.807) is 12.1 Å². The summed E-state index contributed by atoms with van der Waals surface area (Å²) >= 11 is 0. The smallest absolute Gasteiger partial charge is 0.282 e. The van der Waals surface area contributed by atoms with E-state index in [1.165, 1.54) is 28.8 Å². The number of nitro benzene ring substituents is 1. The highest BCUT2D eigenvalue weighted by Gasteiger charge is 2.21. The number of nitrogens with one attached hydrogen (secondary N) is 2. The van der Waals surface area contributed by atoms with Crippen LogP contribution in [0, 0.1) is 10.1 Å². The second-order valence-electron chi connectivity index (χ2n) is 5.78. The summed E-state index contributed by atoms with van der Waals surface area (Å²) in [7, 11) is 0. The molecule has 0 saturated carbocycles. The van der Waals surface area contributed by atoms with Crippen LogP contribution < -0.4 is 10.9 Å². The van der Waals surface area contributed by atoms with E-state index in [9.17, 15) is 19.7 Å². The number of rotatable bonds is 4. The molecule has 0 fully saturated rings. The third-order valence-corrected chi connectivity index (χ3v) is 3.96. The summed E-state index contributed by atoms with van der Waals surface area (Å²) in [6.07, 6.45) is 0. The molecule has 10 heteroatoms. The molecule has 0 saturated heterocycles. The van der Waals surface area contributed by atoms with Crippen molar-refractivity contribution in [1.29, 1.82) is 0 Å². The molecule has 2 aromatic carbocycles. The SMILES string of the molecule is O=C(Nc1cc(=O)[nH]c2nc(-c3ccccc3)nn12)c1ccccc1[N+](=O)[O-]. The van der Waals surface area contributed by atoms with Crippen LogP contribution in [-0.4, -0.2) is 30.4 Å². The number of carbonyl (C=O) groups excluding carboxylic acids is 1. The first-order valence-corrected chi connectivity index (χ1v) is 8.13. The Bertz CT molecular complexity index is 1260. The summed E-state index contributed by atoms with van der Waals surface area (Å²) in [5, 5.41) is 18.0. The standard InChI is InChI=1S/C18H12N6O4/c25-15-10-14(19-17(26)12-8-4-5-9-13(12)24(27)28)23-18(20-15)21-16(22-23)11-6-2-1-3-7-11/h1-10H,(H,19,26)(H,20,21,22,25). The topological polar surface area (TPSA) is 135 Å². The van der Waals surface area contributed by atoms with Crippen LogP contribution in [0.25, 0.3) is 17.2 Å². The average Bonchev–Trinajstić information content (AvgIpc) is 3.12. The van der Waals surface area contributed by atoms with Gasteiger partial charge in [0.15, 0.2) is 5.82 Å². The van der Waals surface area contributed by atoms with E-state index < -0.39 is 16.4 Å². The number of hydrogen-bond donors (Lipinski definition) is 2. The Hall–Kier alpha value is -4.34. The molecule has 0 atom stereocenters. The number of aromatic nitrogens is 4. The summed E-state index contributed by atoms with van der Waals surface area (Å²) in [5.74, 6) is -0.222. The highest BCUT2D eigenvalue weighted by molar-refractivity contribution is 6.06. The van der Waals surface area contributed by atoms with Crippen molar-refractivity contribution >= 4 is 23.2 Å². The minimum Gasteiger partial charge on any atom is -0.306 e. The molecule has 2 heterocycles. The molecule has 1 amide bonds. The molecular weight excluding hydrogens is 364 g/mol. The van der Waals surface area contributed by atoms with Gasteiger partial charge in [0.05, 0.1) is 4.92 Å². The predicted octanol–water partition coefficient (Wildman–Crippen LogP) is 2.25. The van der Waals surface area contributed by atoms with Crippen molar-refractivity contribution in [2.75, 3.05) is 5.32 Å². The monoisotopic (exact) mass is 376 g/mol. The summed E-state index contributed by atoms with van der Waals surface area (Å²) in [4.78, 5) is 41.8. The first-order chi connectivity index (χ1) is 13.5. The maximum absolute atomic E-state index is 12.6. The van der Waals surface area contributed by atoms with Crippen LogP contribution in [0.2, 0.25) is 0 Å². The summed E-state index contributed by atoms with van der Waals surface area (Å²) in [6, 6.07) is 15.8. The number of amides is 1. The number of nitro groups is 1. The van der Waals surface area contributed by atoms with Crippen molar-refractivity contribution in [2.24, 2.45) is 0 Å². The van der Waals surface area contributed by atoms with Crippen LogP contribution >= 0.6 is 0 Å². The van der Waals surface area contributed by atoms with E-state index in [4.69, 9.17) is 0 Å². The number of benzene rings is 2. The number of hydrogen-bond acceptors (Lipinski definition) is 6. The van der Waals surface area contributed by atoms with Crippen molar-refractivity contribution in [3.05, 3.63) is 86.7 Å². The molecule has 0 aliphatic heterocycles. The lowest BCUT2D eigenvalue weighted by atomic mass is 10.1. The average molecular weight is 376 g/mol. The highest BCUT2D eigenvalue weighted by atomic mass is 16.6. The molecular formula is C18H12N6O4. The van der Waals surface area contributed by atoms with Crippen LogP contribution in [0.4, 0.5) is 11.5 Å². The minimum absolute atomic E-state index is 0.0385. The van der Waals surface area contributed by atoms with E-state index >= 15 is 0 Å². The lowest BCUT2D eigenvalue weighted by Crippen LogP contribution is -2.19. The van der Waals surface area contributed by atoms with Crippen LogP contribution in [-0.2, 0) is 0 Å². The van der Waals surface area contributed by atoms with Crippen molar-refractivity contribution in [3.8, 4) is 11.4 Å². The molecule has 0 aliphatic rings. The molecule has 138 valence electrons. The Balaban J connectivity index is 1.77. The van der Waals surface area contributed by atoms with Gasteiger partial charge in [-0.05, 0) is 6.07 Å². The van der Waals surface area contributed by atoms with Crippen molar-refractivity contribution in [3.63, 3.8) is 0 Å². The molecule has 0 aliphatic carbocycles. The molecule has 28 heavy (non-hydrogen) atoms. The van der Waals surface area contributed by atoms with Crippen LogP contribution in [0.15, 0.2) is 65.5 Å². The summed E-state index contributed by atoms with van der Waals surface area (Å²) in [5.41, 5.74) is -0.255. The predicted molar refractivity (Wildman–Crippen MR) is 100 cm³/mol. The lowest BCUT2D eigenvalue weighted by molar-refractivity contribution is -0.385. The van der Waals surface area contributed by atoms with E-state index in [1.807, 2.05) is 18.2 Å². The van der Waals surface area contributed by atoms with Gasteiger partial charge >= 0.3 is 0 Å². The lowest BCUT2D eigenvalue weighted by Gasteiger charge is -2.06. The van der Waals surface area contributed by atoms with Gasteiger partial charge in [-0.2, -0.15) is 9.50 Å². The zero-order chi connectivity index (χ0) is 19.7. The minimum atomic E-state index is -0.740. The van der Waals surface area contributed by atoms with Gasteiger partial charge in [0.2, 0.25) is 5.78 Å². The van der Waals surface area contributed by atoms with Gasteiger partial charge < -0.3 is 5.32 Å². The number of aromatic amines is 1. The molecule has 4 rings (SSSR count). The third kappa shape index (κ3) is 3.09. The van der Waals surface area contributed by atoms with Crippen molar-refractivity contribution < 1.29 is 9.72 Å². The Morgan fingerprint density at radius 1 is 1.11 bits per heavy atom. The molecule has 0 unspecified atom stereocenters. The summed E-state index contributed by atoms with van der Waals surface area (Å²) in [6.45, 7) is 0. The van der Waals surface area contributed by atoms with Crippen molar-refractivity contribution in [2.45, 2.75) is 0 Å². The zero-order valence-electron chi connectivity index (χ0n) is 14.2. The fourth-order valence-corrected chi connectivity index (χ4v) is 2.70. The fourth-order valence-electron chi connectivity index (χ4n) is 2.70. The Labute approximate surface area is 156 Å². The second-order valence-corrected chi connectivity index (χ2v) is 5.78. The van der Waals surface area contributed by atoms with E-state index in [0.29, 0.717) is 5.82 Å². The van der Waals surface area contributed by atoms with Gasteiger partial charge in [-0.1, -0.05) is 42.5 Å². The first kappa shape index (κ1) is 17.1. The van der Waals surface area contributed by atoms with Crippen LogP contribution in [0.1, 0.15) is 10.4 Å². The Kier molecular flexibility index (Phi) is 4.13. The molecule has 2 aromatic heterocycles. The third-order valence-electron chi connectivity index (χ3n) is 3.96. The maximum atomic E-state index is 12.6. The number of anilines is 1. The van der Waals surface area contributed by atoms with Gasteiger partial charge in [0.1, 0.15) is 11.4 Å². The molecule has 2 N–H and O–H groups in total. The maximum Gasteiger partial charge on any atom is 0.282 e. The van der Waals surface area contributed by atoms with Gasteiger partial charge in [0, 0.05) is 17.7 Å². The van der Waals surface area contributed by atoms with Crippen molar-refractivity contribution in [1.82, 2.24) is 19.6 Å². The molecule has 0 bridgehead atoms. The second kappa shape index (κ2) is 6.76. The van der Waals surface area contributed by atoms with E-state index in [-0.39, 0.29) is 22.8 Å². The van der Waals surface area contributed by atoms with Gasteiger partial charge in [0.25, 0.3) is 17.2 Å². The van der Waals surface area contributed by atoms with Crippen LogP contribution in [0.5, 0.6) is 0 Å². The number of carbonyl (C=O) groups is 1. The normalized spacial score (nSPS) is 10.7. The van der Waals surface area contributed by atoms with Gasteiger partial charge in [-0.3, -0.25) is 24.7 Å². The first-order valence-electron chi connectivity index (χ1n) is 8.13. The van der Waals surface area contributed by atoms with Gasteiger partial charge in [-0.25, -0.2) is 0 Å². The number of para-hydroxylation sites is 1. The molecule has 0 radical (unpaired) electrons. The Morgan fingerprint density at radius 3 is 2.57 bits per heavy atom. The van der Waals surface area contributed by atoms with Crippen LogP contribution in [0.3, 0.4) is 0 Å². The number of H-pyrrole nitrogens is 1. The largest absolute Gasteiger partial charge is 0.306 e. The molecule has 4 aromatic rings. The molecule has 0 spiro atoms. The number of nitrogens with zero attached hydrogens (tertiary/aromatic N) is 4. The number of fused-ring (bicyclic) bond motifs is 1. The highest BCUT2D eigenvalue weighted by Crippen LogP contribution is 2.20. The zero-order valence-corrected chi connectivity index (χ0v) is 14.2. The van der Waals surface area contributed by atoms with E-state index in [2.05, 4.69) is 20.4 Å². The quantitative estimate of drug-likeness (QED) is 0.414. The van der Waals surface area contributed by atoms with E-state index in [0.717, 1.165) is 11.6 Å².